The molecular weight excluding hydrogens is 422 g/mol. The van der Waals surface area contributed by atoms with E-state index < -0.39 is 16.0 Å². The summed E-state index contributed by atoms with van der Waals surface area (Å²) < 4.78 is 27.6. The average molecular weight is 452 g/mol. The summed E-state index contributed by atoms with van der Waals surface area (Å²) in [6.07, 6.45) is 1.01. The first-order valence-electron chi connectivity index (χ1n) is 10.6. The molecule has 6 heteroatoms. The Hall–Kier alpha value is -3.12. The molecule has 0 heterocycles. The maximum Gasteiger partial charge on any atom is 0.306 e. The van der Waals surface area contributed by atoms with E-state index in [4.69, 9.17) is 4.18 Å². The first-order chi connectivity index (χ1) is 15.2. The zero-order valence-electron chi connectivity index (χ0n) is 18.6. The Kier molecular flexibility index (Phi) is 7.70. The normalized spacial score (nSPS) is 11.5. The molecule has 0 spiro atoms. The van der Waals surface area contributed by atoms with Crippen LogP contribution in [0.1, 0.15) is 36.5 Å². The van der Waals surface area contributed by atoms with Gasteiger partial charge in [0.25, 0.3) is 0 Å². The second-order valence-corrected chi connectivity index (χ2v) is 9.87. The number of rotatable bonds is 9. The fraction of sp³-hybridized carbons (Fsp3) is 0.269. The van der Waals surface area contributed by atoms with Crippen LogP contribution in [0.3, 0.4) is 0 Å². The highest BCUT2D eigenvalue weighted by Crippen LogP contribution is 2.28. The van der Waals surface area contributed by atoms with Crippen LogP contribution in [0.2, 0.25) is 0 Å². The minimum Gasteiger partial charge on any atom is -0.383 e. The molecule has 0 aliphatic rings. The Labute approximate surface area is 190 Å². The predicted molar refractivity (Wildman–Crippen MR) is 127 cm³/mol. The van der Waals surface area contributed by atoms with E-state index in [9.17, 15) is 13.2 Å². The summed E-state index contributed by atoms with van der Waals surface area (Å²) in [6, 6.07) is 26.4. The molecule has 32 heavy (non-hydrogen) atoms. The van der Waals surface area contributed by atoms with Gasteiger partial charge < -0.3 is 9.08 Å². The van der Waals surface area contributed by atoms with Gasteiger partial charge in [-0.25, -0.2) is 0 Å². The Morgan fingerprint density at radius 1 is 0.844 bits per heavy atom. The van der Waals surface area contributed by atoms with Crippen LogP contribution in [0.25, 0.3) is 0 Å². The van der Waals surface area contributed by atoms with Crippen molar-refractivity contribution in [3.63, 3.8) is 0 Å². The maximum atomic E-state index is 13.9. The molecule has 0 aliphatic carbocycles. The summed E-state index contributed by atoms with van der Waals surface area (Å²) in [5.41, 5.74) is 2.81. The zero-order valence-corrected chi connectivity index (χ0v) is 19.5. The lowest BCUT2D eigenvalue weighted by atomic mass is 9.89. The third-order valence-electron chi connectivity index (χ3n) is 4.95. The number of carbonyl (C=O) groups is 1. The Bertz CT molecular complexity index is 1070. The largest absolute Gasteiger partial charge is 0.383 e. The molecule has 0 aliphatic heterocycles. The smallest absolute Gasteiger partial charge is 0.306 e. The SMILES string of the molecule is CC(C)CN(Cc1ccc(OS(C)(=O)=O)cc1)C(=O)C(c1ccccc1)c1ccccc1. The van der Waals surface area contributed by atoms with E-state index in [1.807, 2.05) is 65.6 Å². The molecule has 0 atom stereocenters. The number of hydrogen-bond acceptors (Lipinski definition) is 4. The molecule has 3 aromatic rings. The molecule has 0 radical (unpaired) electrons. The van der Waals surface area contributed by atoms with Crippen molar-refractivity contribution in [2.24, 2.45) is 5.92 Å². The molecule has 168 valence electrons. The van der Waals surface area contributed by atoms with E-state index in [0.29, 0.717) is 19.0 Å². The van der Waals surface area contributed by atoms with Crippen LogP contribution in [-0.2, 0) is 21.5 Å². The van der Waals surface area contributed by atoms with Crippen LogP contribution in [0.15, 0.2) is 84.9 Å². The van der Waals surface area contributed by atoms with Crippen molar-refractivity contribution < 1.29 is 17.4 Å². The molecule has 0 N–H and O–H groups in total. The number of amides is 1. The lowest BCUT2D eigenvalue weighted by molar-refractivity contribution is -0.133. The van der Waals surface area contributed by atoms with Crippen LogP contribution < -0.4 is 4.18 Å². The summed E-state index contributed by atoms with van der Waals surface area (Å²) in [7, 11) is -3.58. The van der Waals surface area contributed by atoms with Gasteiger partial charge in [-0.05, 0) is 34.7 Å². The van der Waals surface area contributed by atoms with Gasteiger partial charge in [0, 0.05) is 13.1 Å². The molecular formula is C26H29NO4S. The van der Waals surface area contributed by atoms with Gasteiger partial charge in [-0.15, -0.1) is 0 Å². The summed E-state index contributed by atoms with van der Waals surface area (Å²) >= 11 is 0. The monoisotopic (exact) mass is 451 g/mol. The third-order valence-corrected chi connectivity index (χ3v) is 5.45. The van der Waals surface area contributed by atoms with Crippen molar-refractivity contribution >= 4 is 16.0 Å². The standard InChI is InChI=1S/C26H29NO4S/c1-20(2)18-27(19-21-14-16-24(17-15-21)31-32(3,29)30)26(28)25(22-10-6-4-7-11-22)23-12-8-5-9-13-23/h4-17,20,25H,18-19H2,1-3H3. The quantitative estimate of drug-likeness (QED) is 0.437. The maximum absolute atomic E-state index is 13.9. The van der Waals surface area contributed by atoms with Crippen molar-refractivity contribution in [3.05, 3.63) is 102 Å². The van der Waals surface area contributed by atoms with Gasteiger partial charge in [-0.2, -0.15) is 8.42 Å². The molecule has 0 unspecified atom stereocenters. The van der Waals surface area contributed by atoms with Gasteiger partial charge in [0.2, 0.25) is 5.91 Å². The van der Waals surface area contributed by atoms with Crippen molar-refractivity contribution in [3.8, 4) is 5.75 Å². The molecule has 0 fully saturated rings. The molecule has 1 amide bonds. The fourth-order valence-electron chi connectivity index (χ4n) is 3.67. The summed E-state index contributed by atoms with van der Waals surface area (Å²) in [4.78, 5) is 15.7. The fourth-order valence-corrected chi connectivity index (χ4v) is 4.13. The Morgan fingerprint density at radius 2 is 1.34 bits per heavy atom. The summed E-state index contributed by atoms with van der Waals surface area (Å²) in [5, 5.41) is 0. The minimum absolute atomic E-state index is 0.0348. The highest BCUT2D eigenvalue weighted by atomic mass is 32.2. The summed E-state index contributed by atoms with van der Waals surface area (Å²) in [5.74, 6) is 0.181. The van der Waals surface area contributed by atoms with Crippen LogP contribution in [-0.4, -0.2) is 32.0 Å². The third kappa shape index (κ3) is 6.69. The molecule has 3 aromatic carbocycles. The Balaban J connectivity index is 1.90. The lowest BCUT2D eigenvalue weighted by Gasteiger charge is -2.29. The number of carbonyl (C=O) groups excluding carboxylic acids is 1. The van der Waals surface area contributed by atoms with E-state index in [-0.39, 0.29) is 11.7 Å². The van der Waals surface area contributed by atoms with Gasteiger partial charge >= 0.3 is 10.1 Å². The molecule has 0 aromatic heterocycles. The molecule has 0 saturated heterocycles. The van der Waals surface area contributed by atoms with Gasteiger partial charge in [-0.1, -0.05) is 86.6 Å². The van der Waals surface area contributed by atoms with Gasteiger partial charge in [0.15, 0.2) is 0 Å². The van der Waals surface area contributed by atoms with Crippen molar-refractivity contribution in [2.45, 2.75) is 26.3 Å². The van der Waals surface area contributed by atoms with E-state index >= 15 is 0 Å². The topological polar surface area (TPSA) is 63.7 Å². The second kappa shape index (κ2) is 10.5. The summed E-state index contributed by atoms with van der Waals surface area (Å²) in [6.45, 7) is 5.20. The Morgan fingerprint density at radius 3 is 1.78 bits per heavy atom. The van der Waals surface area contributed by atoms with Crippen LogP contribution in [0.5, 0.6) is 5.75 Å². The lowest BCUT2D eigenvalue weighted by Crippen LogP contribution is -2.37. The first-order valence-corrected chi connectivity index (χ1v) is 12.4. The van der Waals surface area contributed by atoms with Gasteiger partial charge in [0.05, 0.1) is 12.2 Å². The van der Waals surface area contributed by atoms with E-state index in [0.717, 1.165) is 22.9 Å². The van der Waals surface area contributed by atoms with E-state index in [2.05, 4.69) is 13.8 Å². The van der Waals surface area contributed by atoms with Crippen molar-refractivity contribution in [1.82, 2.24) is 4.90 Å². The molecule has 0 saturated carbocycles. The highest BCUT2D eigenvalue weighted by Gasteiger charge is 2.28. The van der Waals surface area contributed by atoms with Crippen LogP contribution in [0, 0.1) is 5.92 Å². The average Bonchev–Trinajstić information content (AvgIpc) is 2.75. The second-order valence-electron chi connectivity index (χ2n) is 8.30. The predicted octanol–water partition coefficient (Wildman–Crippen LogP) is 4.84. The van der Waals surface area contributed by atoms with E-state index in [1.165, 1.54) is 0 Å². The first kappa shape index (κ1) is 23.5. The van der Waals surface area contributed by atoms with Gasteiger partial charge in [0.1, 0.15) is 5.75 Å². The number of nitrogens with zero attached hydrogens (tertiary/aromatic N) is 1. The minimum atomic E-state index is -3.58. The number of benzene rings is 3. The van der Waals surface area contributed by atoms with Crippen molar-refractivity contribution in [2.75, 3.05) is 12.8 Å². The highest BCUT2D eigenvalue weighted by molar-refractivity contribution is 7.86. The molecule has 0 bridgehead atoms. The zero-order chi connectivity index (χ0) is 23.1. The van der Waals surface area contributed by atoms with Crippen LogP contribution in [0.4, 0.5) is 0 Å². The molecule has 3 rings (SSSR count). The van der Waals surface area contributed by atoms with E-state index in [1.54, 1.807) is 24.3 Å². The number of hydrogen-bond donors (Lipinski definition) is 0. The molecule has 5 nitrogen and oxygen atoms in total. The van der Waals surface area contributed by atoms with Gasteiger partial charge in [-0.3, -0.25) is 4.79 Å². The van der Waals surface area contributed by atoms with Crippen LogP contribution >= 0.6 is 0 Å². The van der Waals surface area contributed by atoms with Crippen molar-refractivity contribution in [1.29, 1.82) is 0 Å².